The highest BCUT2D eigenvalue weighted by atomic mass is 16.2. The van der Waals surface area contributed by atoms with E-state index in [9.17, 15) is 9.59 Å². The molecule has 1 heterocycles. The number of hydrogen-bond donors (Lipinski definition) is 0. The molecule has 1 aliphatic heterocycles. The van der Waals surface area contributed by atoms with Gasteiger partial charge in [-0.3, -0.25) is 9.59 Å². The Bertz CT molecular complexity index is 563. The first-order valence-corrected chi connectivity index (χ1v) is 6.37. The molecule has 1 amide bonds. The van der Waals surface area contributed by atoms with Gasteiger partial charge in [-0.25, -0.2) is 0 Å². The maximum absolute atomic E-state index is 12.3. The standard InChI is InChI=1S/C15H18N2O2/c1-10(18)17-6-5-12-14(2,3)13(19)11(8-16)7-15(12,4)9-17/h5,7H,6,9H2,1-4H3/t15-/m0/s1. The zero-order chi connectivity index (χ0) is 14.4. The third-order valence-corrected chi connectivity index (χ3v) is 4.16. The number of rotatable bonds is 0. The largest absolute Gasteiger partial charge is 0.338 e. The van der Waals surface area contributed by atoms with Crippen LogP contribution >= 0.6 is 0 Å². The summed E-state index contributed by atoms with van der Waals surface area (Å²) in [5.41, 5.74) is 0.126. The molecule has 4 heteroatoms. The van der Waals surface area contributed by atoms with Gasteiger partial charge in [-0.05, 0) is 19.4 Å². The van der Waals surface area contributed by atoms with Gasteiger partial charge in [0.25, 0.3) is 0 Å². The zero-order valence-electron chi connectivity index (χ0n) is 11.8. The predicted molar refractivity (Wildman–Crippen MR) is 70.9 cm³/mol. The molecule has 0 aromatic carbocycles. The van der Waals surface area contributed by atoms with Crippen LogP contribution in [0.4, 0.5) is 0 Å². The maximum Gasteiger partial charge on any atom is 0.219 e. The van der Waals surface area contributed by atoms with Gasteiger partial charge in [0.05, 0.1) is 11.0 Å². The number of amides is 1. The van der Waals surface area contributed by atoms with Crippen molar-refractivity contribution < 1.29 is 9.59 Å². The second kappa shape index (κ2) is 4.06. The highest BCUT2D eigenvalue weighted by Gasteiger charge is 2.49. The fraction of sp³-hybridized carbons (Fsp3) is 0.533. The Balaban J connectivity index is 2.58. The van der Waals surface area contributed by atoms with Crippen LogP contribution in [0.1, 0.15) is 27.7 Å². The predicted octanol–water partition coefficient (Wildman–Crippen LogP) is 1.84. The molecule has 2 rings (SSSR count). The summed E-state index contributed by atoms with van der Waals surface area (Å²) in [4.78, 5) is 25.6. The molecule has 0 aromatic rings. The van der Waals surface area contributed by atoms with Crippen LogP contribution in [0.25, 0.3) is 0 Å². The lowest BCUT2D eigenvalue weighted by Crippen LogP contribution is -2.50. The first kappa shape index (κ1) is 13.5. The molecule has 0 saturated carbocycles. The van der Waals surface area contributed by atoms with Gasteiger partial charge in [-0.2, -0.15) is 5.26 Å². The monoisotopic (exact) mass is 258 g/mol. The summed E-state index contributed by atoms with van der Waals surface area (Å²) < 4.78 is 0. The lowest BCUT2D eigenvalue weighted by molar-refractivity contribution is -0.129. The van der Waals surface area contributed by atoms with Crippen LogP contribution in [-0.2, 0) is 9.59 Å². The third-order valence-electron chi connectivity index (χ3n) is 4.16. The van der Waals surface area contributed by atoms with E-state index in [0.29, 0.717) is 13.1 Å². The minimum absolute atomic E-state index is 0.0122. The molecule has 0 bridgehead atoms. The van der Waals surface area contributed by atoms with Crippen molar-refractivity contribution in [3.05, 3.63) is 23.3 Å². The van der Waals surface area contributed by atoms with Crippen LogP contribution < -0.4 is 0 Å². The van der Waals surface area contributed by atoms with Crippen molar-refractivity contribution in [1.82, 2.24) is 4.90 Å². The van der Waals surface area contributed by atoms with E-state index >= 15 is 0 Å². The van der Waals surface area contributed by atoms with Crippen molar-refractivity contribution >= 4 is 11.7 Å². The highest BCUT2D eigenvalue weighted by Crippen LogP contribution is 2.49. The van der Waals surface area contributed by atoms with E-state index < -0.39 is 10.8 Å². The average Bonchev–Trinajstić information content (AvgIpc) is 2.33. The van der Waals surface area contributed by atoms with Crippen LogP contribution in [0.3, 0.4) is 0 Å². The third kappa shape index (κ3) is 1.90. The van der Waals surface area contributed by atoms with Crippen molar-refractivity contribution in [2.45, 2.75) is 27.7 Å². The number of carbonyl (C=O) groups excluding carboxylic acids is 2. The molecular weight excluding hydrogens is 240 g/mol. The summed E-state index contributed by atoms with van der Waals surface area (Å²) in [5, 5.41) is 9.13. The summed E-state index contributed by atoms with van der Waals surface area (Å²) in [6.45, 7) is 8.29. The van der Waals surface area contributed by atoms with Crippen molar-refractivity contribution in [3.63, 3.8) is 0 Å². The molecule has 19 heavy (non-hydrogen) atoms. The Morgan fingerprint density at radius 3 is 2.58 bits per heavy atom. The van der Waals surface area contributed by atoms with Crippen molar-refractivity contribution in [3.8, 4) is 6.07 Å². The number of nitriles is 1. The maximum atomic E-state index is 12.3. The Kier molecular flexibility index (Phi) is 2.89. The minimum Gasteiger partial charge on any atom is -0.338 e. The van der Waals surface area contributed by atoms with Crippen molar-refractivity contribution in [2.24, 2.45) is 10.8 Å². The lowest BCUT2D eigenvalue weighted by atomic mass is 9.60. The normalized spacial score (nSPS) is 29.0. The Labute approximate surface area is 113 Å². The molecule has 0 N–H and O–H groups in total. The lowest BCUT2D eigenvalue weighted by Gasteiger charge is -2.47. The van der Waals surface area contributed by atoms with Gasteiger partial charge in [0, 0.05) is 25.4 Å². The number of carbonyl (C=O) groups is 2. The molecule has 0 saturated heterocycles. The van der Waals surface area contributed by atoms with Crippen molar-refractivity contribution in [2.75, 3.05) is 13.1 Å². The van der Waals surface area contributed by atoms with E-state index in [-0.39, 0.29) is 17.3 Å². The first-order valence-electron chi connectivity index (χ1n) is 6.37. The Morgan fingerprint density at radius 2 is 2.05 bits per heavy atom. The number of hydrogen-bond acceptors (Lipinski definition) is 3. The molecule has 0 unspecified atom stereocenters. The second-order valence-corrected chi connectivity index (χ2v) is 6.06. The van der Waals surface area contributed by atoms with Crippen LogP contribution in [0.15, 0.2) is 23.3 Å². The average molecular weight is 258 g/mol. The van der Waals surface area contributed by atoms with E-state index in [4.69, 9.17) is 5.26 Å². The fourth-order valence-corrected chi connectivity index (χ4v) is 3.24. The molecule has 0 fully saturated rings. The van der Waals surface area contributed by atoms with Gasteiger partial charge in [0.2, 0.25) is 5.91 Å². The number of ketones is 1. The van der Waals surface area contributed by atoms with Gasteiger partial charge in [0.1, 0.15) is 6.07 Å². The number of Topliss-reactive ketones (excluding diaryl/α,β-unsaturated/α-hetero) is 1. The summed E-state index contributed by atoms with van der Waals surface area (Å²) >= 11 is 0. The molecule has 100 valence electrons. The molecule has 2 aliphatic rings. The minimum atomic E-state index is -0.669. The Hall–Kier alpha value is -1.89. The van der Waals surface area contributed by atoms with Crippen LogP contribution in [-0.4, -0.2) is 29.7 Å². The zero-order valence-corrected chi connectivity index (χ0v) is 11.8. The van der Waals surface area contributed by atoms with Gasteiger partial charge in [0.15, 0.2) is 5.78 Å². The van der Waals surface area contributed by atoms with Gasteiger partial charge in [-0.1, -0.05) is 19.1 Å². The van der Waals surface area contributed by atoms with Gasteiger partial charge >= 0.3 is 0 Å². The molecule has 0 aromatic heterocycles. The smallest absolute Gasteiger partial charge is 0.219 e. The van der Waals surface area contributed by atoms with Gasteiger partial charge < -0.3 is 4.90 Å². The topological polar surface area (TPSA) is 61.2 Å². The fourth-order valence-electron chi connectivity index (χ4n) is 3.24. The summed E-state index contributed by atoms with van der Waals surface area (Å²) in [5.74, 6) is -0.117. The highest BCUT2D eigenvalue weighted by molar-refractivity contribution is 6.06. The molecule has 4 nitrogen and oxygen atoms in total. The van der Waals surface area contributed by atoms with Crippen LogP contribution in [0.2, 0.25) is 0 Å². The molecule has 1 atom stereocenters. The van der Waals surface area contributed by atoms with Crippen molar-refractivity contribution in [1.29, 1.82) is 5.26 Å². The quantitative estimate of drug-likeness (QED) is 0.623. The first-order chi connectivity index (χ1) is 8.72. The summed E-state index contributed by atoms with van der Waals surface area (Å²) in [6.07, 6.45) is 3.69. The van der Waals surface area contributed by atoms with E-state index in [2.05, 4.69) is 0 Å². The Morgan fingerprint density at radius 1 is 1.42 bits per heavy atom. The second-order valence-electron chi connectivity index (χ2n) is 6.06. The number of allylic oxidation sites excluding steroid dienone is 1. The van der Waals surface area contributed by atoms with E-state index in [0.717, 1.165) is 5.57 Å². The molecule has 0 radical (unpaired) electrons. The van der Waals surface area contributed by atoms with E-state index in [1.807, 2.05) is 32.9 Å². The van der Waals surface area contributed by atoms with Crippen LogP contribution in [0.5, 0.6) is 0 Å². The summed E-state index contributed by atoms with van der Waals surface area (Å²) in [7, 11) is 0. The molecule has 1 aliphatic carbocycles. The van der Waals surface area contributed by atoms with Crippen LogP contribution in [0, 0.1) is 22.2 Å². The SMILES string of the molecule is CC(=O)N1CC=C2C(C)(C)C(=O)C(C#N)=C[C@@]2(C)C1. The number of nitrogens with zero attached hydrogens (tertiary/aromatic N) is 2. The molecule has 0 spiro atoms. The van der Waals surface area contributed by atoms with E-state index in [1.165, 1.54) is 6.92 Å². The number of fused-ring (bicyclic) bond motifs is 1. The van der Waals surface area contributed by atoms with E-state index in [1.54, 1.807) is 11.0 Å². The summed E-state index contributed by atoms with van der Waals surface area (Å²) in [6, 6.07) is 1.99. The van der Waals surface area contributed by atoms with Gasteiger partial charge in [-0.15, -0.1) is 0 Å². The molecular formula is C15H18N2O2.